The van der Waals surface area contributed by atoms with Gasteiger partial charge in [-0.2, -0.15) is 0 Å². The number of benzene rings is 1. The van der Waals surface area contributed by atoms with Crippen LogP contribution in [0, 0.1) is 5.92 Å². The maximum atomic E-state index is 12.5. The van der Waals surface area contributed by atoms with Crippen molar-refractivity contribution in [1.29, 1.82) is 0 Å². The molecule has 12 heteroatoms. The van der Waals surface area contributed by atoms with Crippen molar-refractivity contribution in [1.82, 2.24) is 16.0 Å². The Bertz CT molecular complexity index is 856. The number of hydrogen-bond donors (Lipinski definition) is 7. The number of nitrogens with one attached hydrogen (secondary N) is 3. The van der Waals surface area contributed by atoms with Crippen molar-refractivity contribution in [3.05, 3.63) is 29.8 Å². The minimum Gasteiger partial charge on any atom is -0.508 e. The van der Waals surface area contributed by atoms with E-state index in [4.69, 9.17) is 15.9 Å². The first-order chi connectivity index (χ1) is 15.4. The molecule has 0 saturated carbocycles. The summed E-state index contributed by atoms with van der Waals surface area (Å²) >= 11 is 0. The van der Waals surface area contributed by atoms with Gasteiger partial charge in [0.15, 0.2) is 0 Å². The smallest absolute Gasteiger partial charge is 0.326 e. The van der Waals surface area contributed by atoms with E-state index in [2.05, 4.69) is 10.6 Å². The van der Waals surface area contributed by atoms with E-state index in [-0.39, 0.29) is 24.5 Å². The third-order valence-corrected chi connectivity index (χ3v) is 4.50. The number of phenolic OH excluding ortho intramolecular Hbond substituents is 1. The van der Waals surface area contributed by atoms with Crippen LogP contribution in [-0.2, 0) is 30.4 Å². The molecule has 0 aromatic heterocycles. The molecule has 0 radical (unpaired) electrons. The number of hydrogen-bond acceptors (Lipinski definition) is 7. The molecule has 0 aliphatic rings. The average Bonchev–Trinajstić information content (AvgIpc) is 2.71. The largest absolute Gasteiger partial charge is 0.508 e. The van der Waals surface area contributed by atoms with Crippen molar-refractivity contribution in [2.45, 2.75) is 51.2 Å². The number of carboxylic acid groups (broad SMARTS) is 2. The van der Waals surface area contributed by atoms with Crippen molar-refractivity contribution in [3.63, 3.8) is 0 Å². The lowest BCUT2D eigenvalue weighted by Crippen LogP contribution is -2.54. The fourth-order valence-corrected chi connectivity index (χ4v) is 2.87. The zero-order valence-corrected chi connectivity index (χ0v) is 18.4. The molecular formula is C21H30N4O8. The van der Waals surface area contributed by atoms with Gasteiger partial charge in [-0.25, -0.2) is 4.79 Å². The van der Waals surface area contributed by atoms with Crippen molar-refractivity contribution >= 4 is 29.7 Å². The lowest BCUT2D eigenvalue weighted by Gasteiger charge is -2.22. The highest BCUT2D eigenvalue weighted by Gasteiger charge is 2.26. The number of phenols is 1. The molecular weight excluding hydrogens is 436 g/mol. The van der Waals surface area contributed by atoms with E-state index in [0.29, 0.717) is 5.56 Å². The normalized spacial score (nSPS) is 13.5. The molecule has 0 bridgehead atoms. The number of aromatic hydroxyl groups is 1. The number of nitrogens with two attached hydrogens (primary N) is 1. The van der Waals surface area contributed by atoms with E-state index in [1.807, 2.05) is 19.2 Å². The van der Waals surface area contributed by atoms with E-state index >= 15 is 0 Å². The van der Waals surface area contributed by atoms with Gasteiger partial charge < -0.3 is 37.0 Å². The van der Waals surface area contributed by atoms with Crippen LogP contribution >= 0.6 is 0 Å². The maximum Gasteiger partial charge on any atom is 0.326 e. The summed E-state index contributed by atoms with van der Waals surface area (Å²) in [4.78, 5) is 58.7. The van der Waals surface area contributed by atoms with E-state index in [0.717, 1.165) is 0 Å². The molecule has 3 unspecified atom stereocenters. The first kappa shape index (κ1) is 27.4. The molecule has 0 spiro atoms. The number of aliphatic carboxylic acids is 2. The maximum absolute atomic E-state index is 12.5. The first-order valence-corrected chi connectivity index (χ1v) is 10.2. The van der Waals surface area contributed by atoms with E-state index in [1.165, 1.54) is 12.1 Å². The zero-order chi connectivity index (χ0) is 25.1. The van der Waals surface area contributed by atoms with Gasteiger partial charge in [-0.15, -0.1) is 0 Å². The van der Waals surface area contributed by atoms with Crippen LogP contribution < -0.4 is 21.7 Å². The summed E-state index contributed by atoms with van der Waals surface area (Å²) in [6, 6.07) is 2.56. The van der Waals surface area contributed by atoms with Crippen LogP contribution in [0.15, 0.2) is 24.3 Å². The third kappa shape index (κ3) is 10.5. The van der Waals surface area contributed by atoms with Crippen LogP contribution in [0.3, 0.4) is 0 Å². The van der Waals surface area contributed by atoms with E-state index in [1.54, 1.807) is 12.1 Å². The summed E-state index contributed by atoms with van der Waals surface area (Å²) in [6.07, 6.45) is -0.396. The topological polar surface area (TPSA) is 208 Å². The van der Waals surface area contributed by atoms with Crippen molar-refractivity contribution < 1.29 is 39.3 Å². The molecule has 33 heavy (non-hydrogen) atoms. The number of carbonyl (C=O) groups excluding carboxylic acids is 3. The van der Waals surface area contributed by atoms with Crippen molar-refractivity contribution in [2.75, 3.05) is 6.54 Å². The van der Waals surface area contributed by atoms with Crippen LogP contribution in [0.5, 0.6) is 5.75 Å². The Morgan fingerprint density at radius 3 is 2.06 bits per heavy atom. The molecule has 3 atom stereocenters. The Kier molecular flexibility index (Phi) is 10.8. The second-order valence-corrected chi connectivity index (χ2v) is 7.94. The minimum absolute atomic E-state index is 0.00940. The van der Waals surface area contributed by atoms with Crippen molar-refractivity contribution in [2.24, 2.45) is 11.7 Å². The molecule has 12 nitrogen and oxygen atoms in total. The molecule has 1 aromatic carbocycles. The summed E-state index contributed by atoms with van der Waals surface area (Å²) in [5.41, 5.74) is 6.65. The molecule has 182 valence electrons. The Balaban J connectivity index is 2.68. The predicted octanol–water partition coefficient (Wildman–Crippen LogP) is -1.05. The molecule has 0 aliphatic carbocycles. The zero-order valence-electron chi connectivity index (χ0n) is 18.4. The Labute approximate surface area is 190 Å². The quantitative estimate of drug-likeness (QED) is 0.189. The number of carboxylic acids is 2. The van der Waals surface area contributed by atoms with Crippen LogP contribution in [0.25, 0.3) is 0 Å². The molecule has 0 heterocycles. The minimum atomic E-state index is -1.64. The Morgan fingerprint density at radius 1 is 0.939 bits per heavy atom. The SMILES string of the molecule is CC(C)CC(NC(=O)C(N)Cc1ccc(O)cc1)C(=O)NCC(=O)NC(CC(=O)O)C(=O)O. The van der Waals surface area contributed by atoms with Gasteiger partial charge in [0.25, 0.3) is 0 Å². The van der Waals surface area contributed by atoms with E-state index < -0.39 is 60.8 Å². The van der Waals surface area contributed by atoms with Crippen LogP contribution in [-0.4, -0.2) is 69.7 Å². The fourth-order valence-electron chi connectivity index (χ4n) is 2.87. The average molecular weight is 466 g/mol. The van der Waals surface area contributed by atoms with Gasteiger partial charge in [0.1, 0.15) is 17.8 Å². The van der Waals surface area contributed by atoms with Crippen LogP contribution in [0.2, 0.25) is 0 Å². The summed E-state index contributed by atoms with van der Waals surface area (Å²) in [5, 5.41) is 33.9. The Hall–Kier alpha value is -3.67. The molecule has 8 N–H and O–H groups in total. The van der Waals surface area contributed by atoms with Gasteiger partial charge in [-0.05, 0) is 36.5 Å². The molecule has 0 fully saturated rings. The predicted molar refractivity (Wildman–Crippen MR) is 116 cm³/mol. The molecule has 3 amide bonds. The highest BCUT2D eigenvalue weighted by Crippen LogP contribution is 2.11. The standard InChI is InChI=1S/C21H30N4O8/c1-11(2)7-15(25-19(30)14(22)8-12-3-5-13(26)6-4-12)20(31)23-10-17(27)24-16(21(32)33)9-18(28)29/h3-6,11,14-16,26H,7-10,22H2,1-2H3,(H,23,31)(H,24,27)(H,25,30)(H,28,29)(H,32,33). The molecule has 0 saturated heterocycles. The summed E-state index contributed by atoms with van der Waals surface area (Å²) < 4.78 is 0. The molecule has 1 rings (SSSR count). The number of amides is 3. The second kappa shape index (κ2) is 13.0. The highest BCUT2D eigenvalue weighted by molar-refractivity contribution is 5.93. The lowest BCUT2D eigenvalue weighted by molar-refractivity contribution is -0.147. The summed E-state index contributed by atoms with van der Waals surface area (Å²) in [7, 11) is 0. The third-order valence-electron chi connectivity index (χ3n) is 4.50. The van der Waals surface area contributed by atoms with Gasteiger partial charge in [0.2, 0.25) is 17.7 Å². The second-order valence-electron chi connectivity index (χ2n) is 7.94. The van der Waals surface area contributed by atoms with Crippen LogP contribution in [0.4, 0.5) is 0 Å². The van der Waals surface area contributed by atoms with Gasteiger partial charge in [-0.1, -0.05) is 26.0 Å². The summed E-state index contributed by atoms with van der Waals surface area (Å²) in [5.74, 6) is -4.99. The monoisotopic (exact) mass is 466 g/mol. The van der Waals surface area contributed by atoms with Crippen LogP contribution in [0.1, 0.15) is 32.3 Å². The van der Waals surface area contributed by atoms with Gasteiger partial charge in [0.05, 0.1) is 19.0 Å². The fraction of sp³-hybridized carbons (Fsp3) is 0.476. The van der Waals surface area contributed by atoms with Gasteiger partial charge in [-0.3, -0.25) is 19.2 Å². The molecule has 0 aliphatic heterocycles. The lowest BCUT2D eigenvalue weighted by atomic mass is 10.0. The van der Waals surface area contributed by atoms with E-state index in [9.17, 15) is 29.1 Å². The number of carbonyl (C=O) groups is 5. The van der Waals surface area contributed by atoms with Gasteiger partial charge >= 0.3 is 11.9 Å². The Morgan fingerprint density at radius 2 is 1.55 bits per heavy atom. The molecule has 1 aromatic rings. The van der Waals surface area contributed by atoms with Crippen molar-refractivity contribution in [3.8, 4) is 5.75 Å². The highest BCUT2D eigenvalue weighted by atomic mass is 16.4. The van der Waals surface area contributed by atoms with Gasteiger partial charge in [0, 0.05) is 0 Å². The summed E-state index contributed by atoms with van der Waals surface area (Å²) in [6.45, 7) is 3.06. The first-order valence-electron chi connectivity index (χ1n) is 10.2. The number of rotatable bonds is 13.